The van der Waals surface area contributed by atoms with Crippen LogP contribution in [0, 0.1) is 11.3 Å². The van der Waals surface area contributed by atoms with Gasteiger partial charge in [0.25, 0.3) is 0 Å². The van der Waals surface area contributed by atoms with Crippen molar-refractivity contribution in [2.24, 2.45) is 11.3 Å². The minimum absolute atomic E-state index is 0.0697. The number of ether oxygens (including phenoxy) is 1. The summed E-state index contributed by atoms with van der Waals surface area (Å²) in [5.41, 5.74) is 1.97. The molecule has 0 radical (unpaired) electrons. The Balaban J connectivity index is 1.74. The molecule has 0 saturated carbocycles. The number of pyridine rings is 1. The molecule has 1 aromatic carbocycles. The third-order valence-electron chi connectivity index (χ3n) is 5.61. The van der Waals surface area contributed by atoms with Gasteiger partial charge in [0.05, 0.1) is 6.10 Å². The highest BCUT2D eigenvalue weighted by Crippen LogP contribution is 2.42. The van der Waals surface area contributed by atoms with Crippen LogP contribution in [0.4, 0.5) is 0 Å². The predicted molar refractivity (Wildman–Crippen MR) is 112 cm³/mol. The van der Waals surface area contributed by atoms with Gasteiger partial charge in [-0.15, -0.1) is 0 Å². The molecule has 5 heteroatoms. The topological polar surface area (TPSA) is 51.2 Å². The van der Waals surface area contributed by atoms with E-state index in [2.05, 4.69) is 30.2 Å². The van der Waals surface area contributed by atoms with E-state index >= 15 is 0 Å². The van der Waals surface area contributed by atoms with Crippen LogP contribution in [-0.4, -0.2) is 23.6 Å². The zero-order chi connectivity index (χ0) is 20.0. The second-order valence-electron chi connectivity index (χ2n) is 8.19. The number of hydrogen-bond donors (Lipinski definition) is 1. The van der Waals surface area contributed by atoms with Crippen molar-refractivity contribution >= 4 is 17.5 Å². The van der Waals surface area contributed by atoms with Crippen molar-refractivity contribution in [3.8, 4) is 0 Å². The average Bonchev–Trinajstić information content (AvgIpc) is 2.69. The molecule has 2 unspecified atom stereocenters. The van der Waals surface area contributed by atoms with Gasteiger partial charge in [0, 0.05) is 37.0 Å². The quantitative estimate of drug-likeness (QED) is 0.725. The number of nitrogens with one attached hydrogen (secondary N) is 1. The van der Waals surface area contributed by atoms with Gasteiger partial charge in [-0.25, -0.2) is 0 Å². The highest BCUT2D eigenvalue weighted by molar-refractivity contribution is 6.31. The van der Waals surface area contributed by atoms with Crippen molar-refractivity contribution in [2.75, 3.05) is 6.61 Å². The lowest BCUT2D eigenvalue weighted by molar-refractivity contribution is -0.128. The Kier molecular flexibility index (Phi) is 7.08. The van der Waals surface area contributed by atoms with Crippen molar-refractivity contribution in [3.05, 3.63) is 64.9 Å². The second kappa shape index (κ2) is 9.53. The number of nitrogens with zero attached hydrogens (tertiary/aromatic N) is 1. The van der Waals surface area contributed by atoms with Crippen LogP contribution >= 0.6 is 11.6 Å². The fourth-order valence-electron chi connectivity index (χ4n) is 3.98. The minimum atomic E-state index is -0.142. The largest absolute Gasteiger partial charge is 0.378 e. The molecule has 1 N–H and O–H groups in total. The second-order valence-corrected chi connectivity index (χ2v) is 8.60. The summed E-state index contributed by atoms with van der Waals surface area (Å²) in [5, 5.41) is 3.83. The fourth-order valence-corrected chi connectivity index (χ4v) is 4.18. The van der Waals surface area contributed by atoms with E-state index in [9.17, 15) is 4.79 Å². The van der Waals surface area contributed by atoms with E-state index in [4.69, 9.17) is 16.3 Å². The lowest BCUT2D eigenvalue weighted by atomic mass is 9.69. The van der Waals surface area contributed by atoms with Gasteiger partial charge >= 0.3 is 0 Å². The van der Waals surface area contributed by atoms with E-state index in [1.807, 2.05) is 30.3 Å². The normalized spacial score (nSPS) is 22.2. The third kappa shape index (κ3) is 5.55. The number of rotatable bonds is 7. The maximum atomic E-state index is 12.8. The lowest BCUT2D eigenvalue weighted by Crippen LogP contribution is -2.42. The zero-order valence-corrected chi connectivity index (χ0v) is 17.4. The van der Waals surface area contributed by atoms with Crippen molar-refractivity contribution in [1.29, 1.82) is 0 Å². The van der Waals surface area contributed by atoms with Crippen LogP contribution in [0.1, 0.15) is 44.2 Å². The van der Waals surface area contributed by atoms with Crippen LogP contribution in [0.15, 0.2) is 48.8 Å². The Morgan fingerprint density at radius 3 is 2.86 bits per heavy atom. The summed E-state index contributed by atoms with van der Waals surface area (Å²) in [7, 11) is 0. The molecule has 0 aliphatic carbocycles. The molecule has 3 rings (SSSR count). The number of carbonyl (C=O) groups excluding carboxylic acids is 1. The molecule has 0 bridgehead atoms. The first-order chi connectivity index (χ1) is 13.5. The average molecular weight is 401 g/mol. The molecule has 150 valence electrons. The summed E-state index contributed by atoms with van der Waals surface area (Å²) in [6, 6.07) is 11.8. The maximum absolute atomic E-state index is 12.8. The highest BCUT2D eigenvalue weighted by atomic mass is 35.5. The molecule has 1 saturated heterocycles. The van der Waals surface area contributed by atoms with Crippen LogP contribution in [0.25, 0.3) is 0 Å². The van der Waals surface area contributed by atoms with Crippen LogP contribution in [0.2, 0.25) is 5.02 Å². The summed E-state index contributed by atoms with van der Waals surface area (Å²) in [6.07, 6.45) is 6.69. The van der Waals surface area contributed by atoms with E-state index < -0.39 is 0 Å². The number of aromatic nitrogens is 1. The van der Waals surface area contributed by atoms with E-state index in [1.54, 1.807) is 12.4 Å². The standard InChI is InChI=1S/C23H29ClN2O2/c1-17(2)21-13-23(9-11-28-21,12-19-7-3-4-8-20(19)24)14-22(27)26-16-18-6-5-10-25-15-18/h3-8,10,15,17,21H,9,11-14,16H2,1-2H3,(H,26,27). The number of carbonyl (C=O) groups is 1. The van der Waals surface area contributed by atoms with Gasteiger partial charge < -0.3 is 10.1 Å². The smallest absolute Gasteiger partial charge is 0.220 e. The summed E-state index contributed by atoms with van der Waals surface area (Å²) >= 11 is 6.44. The molecule has 1 aliphatic heterocycles. The van der Waals surface area contributed by atoms with E-state index in [1.165, 1.54) is 0 Å². The lowest BCUT2D eigenvalue weighted by Gasteiger charge is -2.42. The third-order valence-corrected chi connectivity index (χ3v) is 5.98. The van der Waals surface area contributed by atoms with Crippen LogP contribution in [0.5, 0.6) is 0 Å². The number of hydrogen-bond acceptors (Lipinski definition) is 3. The van der Waals surface area contributed by atoms with Gasteiger partial charge in [-0.2, -0.15) is 0 Å². The molecule has 1 aliphatic rings. The summed E-state index contributed by atoms with van der Waals surface area (Å²) in [4.78, 5) is 16.9. The molecule has 2 heterocycles. The van der Waals surface area contributed by atoms with E-state index in [0.717, 1.165) is 35.4 Å². The molecule has 2 aromatic rings. The van der Waals surface area contributed by atoms with Gasteiger partial charge in [0.15, 0.2) is 0 Å². The van der Waals surface area contributed by atoms with Gasteiger partial charge in [-0.3, -0.25) is 9.78 Å². The van der Waals surface area contributed by atoms with Gasteiger partial charge in [0.1, 0.15) is 0 Å². The molecular weight excluding hydrogens is 372 g/mol. The Morgan fingerprint density at radius 2 is 2.14 bits per heavy atom. The number of amides is 1. The van der Waals surface area contributed by atoms with Crippen LogP contribution < -0.4 is 5.32 Å². The number of halogens is 1. The zero-order valence-electron chi connectivity index (χ0n) is 16.7. The Bertz CT molecular complexity index is 781. The summed E-state index contributed by atoms with van der Waals surface area (Å²) in [5.74, 6) is 0.490. The molecule has 1 fully saturated rings. The highest BCUT2D eigenvalue weighted by Gasteiger charge is 2.40. The van der Waals surface area contributed by atoms with Gasteiger partial charge in [0.2, 0.25) is 5.91 Å². The van der Waals surface area contributed by atoms with Crippen LogP contribution in [-0.2, 0) is 22.5 Å². The molecule has 28 heavy (non-hydrogen) atoms. The fraction of sp³-hybridized carbons (Fsp3) is 0.478. The number of benzene rings is 1. The minimum Gasteiger partial charge on any atom is -0.378 e. The van der Waals surface area contributed by atoms with Gasteiger partial charge in [-0.05, 0) is 53.9 Å². The first-order valence-corrected chi connectivity index (χ1v) is 10.4. The SMILES string of the molecule is CC(C)C1CC(CC(=O)NCc2cccnc2)(Cc2ccccc2Cl)CCO1. The van der Waals surface area contributed by atoms with Crippen molar-refractivity contribution in [2.45, 2.75) is 52.2 Å². The summed E-state index contributed by atoms with van der Waals surface area (Å²) in [6.45, 7) is 5.54. The van der Waals surface area contributed by atoms with Crippen LogP contribution in [0.3, 0.4) is 0 Å². The monoisotopic (exact) mass is 400 g/mol. The maximum Gasteiger partial charge on any atom is 0.220 e. The Hall–Kier alpha value is -1.91. The van der Waals surface area contributed by atoms with E-state index in [-0.39, 0.29) is 17.4 Å². The summed E-state index contributed by atoms with van der Waals surface area (Å²) < 4.78 is 6.00. The predicted octanol–water partition coefficient (Wildman–Crippen LogP) is 4.81. The van der Waals surface area contributed by atoms with Crippen molar-refractivity contribution in [3.63, 3.8) is 0 Å². The first-order valence-electron chi connectivity index (χ1n) is 9.98. The molecule has 0 spiro atoms. The molecule has 1 aromatic heterocycles. The molecule has 2 atom stereocenters. The van der Waals surface area contributed by atoms with Crippen molar-refractivity contribution < 1.29 is 9.53 Å². The molecule has 1 amide bonds. The van der Waals surface area contributed by atoms with Gasteiger partial charge in [-0.1, -0.05) is 49.7 Å². The molecule has 4 nitrogen and oxygen atoms in total. The van der Waals surface area contributed by atoms with Crippen molar-refractivity contribution in [1.82, 2.24) is 10.3 Å². The first kappa shape index (κ1) is 20.8. The van der Waals surface area contributed by atoms with E-state index in [0.29, 0.717) is 25.5 Å². The Morgan fingerprint density at radius 1 is 1.32 bits per heavy atom. The Labute approximate surface area is 172 Å². The molecular formula is C23H29ClN2O2.